The molecule has 0 radical (unpaired) electrons. The quantitative estimate of drug-likeness (QED) is 0.897. The van der Waals surface area contributed by atoms with Crippen molar-refractivity contribution in [2.45, 2.75) is 32.1 Å². The third-order valence-electron chi connectivity index (χ3n) is 3.90. The van der Waals surface area contributed by atoms with Gasteiger partial charge in [0.15, 0.2) is 11.5 Å². The summed E-state index contributed by atoms with van der Waals surface area (Å²) in [5.74, 6) is 1.48. The molecule has 21 heavy (non-hydrogen) atoms. The molecule has 1 aliphatic rings. The second-order valence-electron chi connectivity index (χ2n) is 5.58. The second-order valence-corrected chi connectivity index (χ2v) is 5.58. The Morgan fingerprint density at radius 3 is 2.33 bits per heavy atom. The van der Waals surface area contributed by atoms with Gasteiger partial charge in [-0.1, -0.05) is 6.07 Å². The van der Waals surface area contributed by atoms with E-state index in [9.17, 15) is 0 Å². The van der Waals surface area contributed by atoms with Gasteiger partial charge in [0.1, 0.15) is 0 Å². The zero-order valence-electron chi connectivity index (χ0n) is 13.3. The summed E-state index contributed by atoms with van der Waals surface area (Å²) >= 11 is 0. The van der Waals surface area contributed by atoms with E-state index in [1.807, 2.05) is 12.1 Å². The minimum Gasteiger partial charge on any atom is -0.493 e. The van der Waals surface area contributed by atoms with Crippen LogP contribution in [0.5, 0.6) is 11.5 Å². The largest absolute Gasteiger partial charge is 0.493 e. The molecule has 0 aromatic heterocycles. The Hall–Kier alpha value is -1.30. The van der Waals surface area contributed by atoms with E-state index in [0.29, 0.717) is 6.54 Å². The average molecular weight is 294 g/mol. The van der Waals surface area contributed by atoms with Crippen molar-refractivity contribution in [2.24, 2.45) is 5.73 Å². The van der Waals surface area contributed by atoms with Crippen LogP contribution in [0.1, 0.15) is 25.5 Å². The Bertz CT molecular complexity index is 457. The highest BCUT2D eigenvalue weighted by Crippen LogP contribution is 2.32. The minimum absolute atomic E-state index is 0.165. The van der Waals surface area contributed by atoms with Gasteiger partial charge in [-0.15, -0.1) is 0 Å². The van der Waals surface area contributed by atoms with E-state index in [1.165, 1.54) is 0 Å². The van der Waals surface area contributed by atoms with E-state index in [-0.39, 0.29) is 18.2 Å². The van der Waals surface area contributed by atoms with E-state index in [4.69, 9.17) is 19.9 Å². The highest BCUT2D eigenvalue weighted by atomic mass is 16.5. The highest BCUT2D eigenvalue weighted by Gasteiger charge is 2.28. The molecule has 0 amide bonds. The molecule has 1 fully saturated rings. The first-order valence-corrected chi connectivity index (χ1v) is 7.40. The third-order valence-corrected chi connectivity index (χ3v) is 3.90. The van der Waals surface area contributed by atoms with Gasteiger partial charge >= 0.3 is 0 Å². The number of benzene rings is 1. The topological polar surface area (TPSA) is 57.0 Å². The van der Waals surface area contributed by atoms with Crippen LogP contribution in [-0.2, 0) is 4.74 Å². The molecule has 1 aromatic carbocycles. The number of hydrogen-bond donors (Lipinski definition) is 1. The highest BCUT2D eigenvalue weighted by molar-refractivity contribution is 5.44. The molecule has 5 nitrogen and oxygen atoms in total. The fourth-order valence-electron chi connectivity index (χ4n) is 3.03. The number of methoxy groups -OCH3 is 2. The SMILES string of the molecule is COc1ccc([C@@H](CN)N2C[C@@H](C)O[C@@H](C)C2)cc1OC. The lowest BCUT2D eigenvalue weighted by atomic mass is 10.0. The Kier molecular flexibility index (Phi) is 5.45. The molecule has 1 saturated heterocycles. The fourth-order valence-corrected chi connectivity index (χ4v) is 3.03. The first kappa shape index (κ1) is 16.1. The number of hydrogen-bond acceptors (Lipinski definition) is 5. The van der Waals surface area contributed by atoms with Crippen LogP contribution in [0, 0.1) is 0 Å². The van der Waals surface area contributed by atoms with Gasteiger partial charge in [0.2, 0.25) is 0 Å². The summed E-state index contributed by atoms with van der Waals surface area (Å²) in [5.41, 5.74) is 7.18. The van der Waals surface area contributed by atoms with Crippen molar-refractivity contribution in [3.05, 3.63) is 23.8 Å². The van der Waals surface area contributed by atoms with Gasteiger partial charge in [-0.3, -0.25) is 4.90 Å². The van der Waals surface area contributed by atoms with Gasteiger partial charge in [-0.25, -0.2) is 0 Å². The molecular formula is C16H26N2O3. The number of morpholine rings is 1. The maximum atomic E-state index is 6.03. The van der Waals surface area contributed by atoms with Crippen molar-refractivity contribution in [2.75, 3.05) is 33.9 Å². The first-order chi connectivity index (χ1) is 10.1. The normalized spacial score (nSPS) is 24.6. The number of nitrogens with zero attached hydrogens (tertiary/aromatic N) is 1. The first-order valence-electron chi connectivity index (χ1n) is 7.40. The van der Waals surface area contributed by atoms with Gasteiger partial charge < -0.3 is 19.9 Å². The van der Waals surface area contributed by atoms with Crippen LogP contribution in [0.4, 0.5) is 0 Å². The Balaban J connectivity index is 2.24. The van der Waals surface area contributed by atoms with Crippen molar-refractivity contribution in [3.63, 3.8) is 0 Å². The molecule has 2 rings (SSSR count). The Morgan fingerprint density at radius 2 is 1.81 bits per heavy atom. The van der Waals surface area contributed by atoms with Crippen LogP contribution >= 0.6 is 0 Å². The van der Waals surface area contributed by atoms with Crippen molar-refractivity contribution < 1.29 is 14.2 Å². The van der Waals surface area contributed by atoms with E-state index in [0.717, 1.165) is 30.2 Å². The van der Waals surface area contributed by atoms with Gasteiger partial charge in [0.25, 0.3) is 0 Å². The van der Waals surface area contributed by atoms with Crippen molar-refractivity contribution in [3.8, 4) is 11.5 Å². The number of ether oxygens (including phenoxy) is 3. The standard InChI is InChI=1S/C16H26N2O3/c1-11-9-18(10-12(2)21-11)14(8-17)13-5-6-15(19-3)16(7-13)20-4/h5-7,11-12,14H,8-10,17H2,1-4H3/t11-,12+,14-/m1/s1. The molecule has 0 saturated carbocycles. The molecule has 2 N–H and O–H groups in total. The van der Waals surface area contributed by atoms with Gasteiger partial charge in [-0.05, 0) is 31.5 Å². The van der Waals surface area contributed by atoms with Crippen molar-refractivity contribution in [1.82, 2.24) is 4.90 Å². The maximum absolute atomic E-state index is 6.03. The molecule has 5 heteroatoms. The molecule has 1 heterocycles. The molecule has 118 valence electrons. The summed E-state index contributed by atoms with van der Waals surface area (Å²) in [5, 5.41) is 0. The predicted molar refractivity (Wildman–Crippen MR) is 82.9 cm³/mol. The summed E-state index contributed by atoms with van der Waals surface area (Å²) in [4.78, 5) is 2.39. The van der Waals surface area contributed by atoms with Crippen LogP contribution in [0.3, 0.4) is 0 Å². The lowest BCUT2D eigenvalue weighted by Crippen LogP contribution is -2.48. The van der Waals surface area contributed by atoms with Crippen molar-refractivity contribution >= 4 is 0 Å². The molecule has 3 atom stereocenters. The van der Waals surface area contributed by atoms with Crippen LogP contribution < -0.4 is 15.2 Å². The monoisotopic (exact) mass is 294 g/mol. The summed E-state index contributed by atoms with van der Waals surface area (Å²) in [6.45, 7) is 6.55. The Morgan fingerprint density at radius 1 is 1.19 bits per heavy atom. The third kappa shape index (κ3) is 3.67. The summed E-state index contributed by atoms with van der Waals surface area (Å²) < 4.78 is 16.5. The summed E-state index contributed by atoms with van der Waals surface area (Å²) in [7, 11) is 3.29. The average Bonchev–Trinajstić information content (AvgIpc) is 2.46. The van der Waals surface area contributed by atoms with Gasteiger partial charge in [-0.2, -0.15) is 0 Å². The zero-order chi connectivity index (χ0) is 15.4. The number of nitrogens with two attached hydrogens (primary N) is 1. The summed E-state index contributed by atoms with van der Waals surface area (Å²) in [6, 6.07) is 6.17. The van der Waals surface area contributed by atoms with Crippen LogP contribution in [0.15, 0.2) is 18.2 Å². The summed E-state index contributed by atoms with van der Waals surface area (Å²) in [6.07, 6.45) is 0.450. The van der Waals surface area contributed by atoms with E-state index >= 15 is 0 Å². The van der Waals surface area contributed by atoms with Gasteiger partial charge in [0, 0.05) is 25.7 Å². The second kappa shape index (κ2) is 7.11. The fraction of sp³-hybridized carbons (Fsp3) is 0.625. The van der Waals surface area contributed by atoms with E-state index in [2.05, 4.69) is 24.8 Å². The predicted octanol–water partition coefficient (Wildman–Crippen LogP) is 1.81. The molecule has 1 aromatic rings. The number of rotatable bonds is 5. The molecule has 0 spiro atoms. The van der Waals surface area contributed by atoms with E-state index < -0.39 is 0 Å². The molecule has 0 unspecified atom stereocenters. The smallest absolute Gasteiger partial charge is 0.161 e. The molecule has 0 aliphatic carbocycles. The van der Waals surface area contributed by atoms with Crippen LogP contribution in [-0.4, -0.2) is 51.0 Å². The molecule has 1 aliphatic heterocycles. The van der Waals surface area contributed by atoms with Crippen molar-refractivity contribution in [1.29, 1.82) is 0 Å². The minimum atomic E-state index is 0.165. The zero-order valence-corrected chi connectivity index (χ0v) is 13.3. The van der Waals surface area contributed by atoms with Crippen LogP contribution in [0.25, 0.3) is 0 Å². The lowest BCUT2D eigenvalue weighted by molar-refractivity contribution is -0.0799. The van der Waals surface area contributed by atoms with E-state index in [1.54, 1.807) is 14.2 Å². The molecular weight excluding hydrogens is 268 g/mol. The molecule has 0 bridgehead atoms. The lowest BCUT2D eigenvalue weighted by Gasteiger charge is -2.40. The maximum Gasteiger partial charge on any atom is 0.161 e. The Labute approximate surface area is 127 Å². The van der Waals surface area contributed by atoms with Crippen LogP contribution in [0.2, 0.25) is 0 Å². The van der Waals surface area contributed by atoms with Gasteiger partial charge in [0.05, 0.1) is 26.4 Å².